The topological polar surface area (TPSA) is 29.3 Å². The van der Waals surface area contributed by atoms with Crippen molar-refractivity contribution in [2.75, 3.05) is 19.6 Å². The van der Waals surface area contributed by atoms with Gasteiger partial charge in [0.05, 0.1) is 0 Å². The summed E-state index contributed by atoms with van der Waals surface area (Å²) in [6, 6.07) is 0.369. The van der Waals surface area contributed by atoms with Crippen LogP contribution in [0.25, 0.3) is 0 Å². The van der Waals surface area contributed by atoms with Gasteiger partial charge in [0.15, 0.2) is 0 Å². The first-order valence-electron chi connectivity index (χ1n) is 5.27. The molecule has 0 aromatic rings. The summed E-state index contributed by atoms with van der Waals surface area (Å²) in [5.74, 6) is 0. The Balaban J connectivity index is 2.12. The zero-order valence-electron chi connectivity index (χ0n) is 8.26. The molecule has 0 aliphatic carbocycles. The molecular formula is C10H22N2. The lowest BCUT2D eigenvalue weighted by Crippen LogP contribution is -2.29. The van der Waals surface area contributed by atoms with Crippen molar-refractivity contribution < 1.29 is 0 Å². The average molecular weight is 170 g/mol. The fraction of sp³-hybridized carbons (Fsp3) is 1.00. The summed E-state index contributed by atoms with van der Waals surface area (Å²) >= 11 is 0. The Morgan fingerprint density at radius 1 is 1.17 bits per heavy atom. The van der Waals surface area contributed by atoms with E-state index in [0.717, 1.165) is 6.42 Å². The van der Waals surface area contributed by atoms with Crippen LogP contribution in [0, 0.1) is 0 Å². The number of nitrogens with two attached hydrogens (primary N) is 1. The van der Waals surface area contributed by atoms with Gasteiger partial charge in [-0.3, -0.25) is 0 Å². The molecule has 1 heterocycles. The van der Waals surface area contributed by atoms with E-state index in [1.807, 2.05) is 0 Å². The van der Waals surface area contributed by atoms with Crippen LogP contribution in [0.4, 0.5) is 0 Å². The number of hydrogen-bond acceptors (Lipinski definition) is 2. The zero-order valence-corrected chi connectivity index (χ0v) is 8.26. The highest BCUT2D eigenvalue weighted by Gasteiger charge is 2.08. The summed E-state index contributed by atoms with van der Waals surface area (Å²) in [5.41, 5.74) is 5.72. The van der Waals surface area contributed by atoms with Crippen molar-refractivity contribution >= 4 is 0 Å². The second-order valence-electron chi connectivity index (χ2n) is 4.02. The third-order valence-corrected chi connectivity index (χ3v) is 2.60. The highest BCUT2D eigenvalue weighted by atomic mass is 15.1. The van der Waals surface area contributed by atoms with Crippen molar-refractivity contribution in [3.05, 3.63) is 0 Å². The molecule has 1 atom stereocenters. The van der Waals surface area contributed by atoms with Crippen LogP contribution in [0.1, 0.15) is 39.0 Å². The third kappa shape index (κ3) is 4.07. The predicted octanol–water partition coefficient (Wildman–Crippen LogP) is 1.60. The molecule has 0 aromatic heterocycles. The van der Waals surface area contributed by atoms with Crippen LogP contribution in [0.3, 0.4) is 0 Å². The normalized spacial score (nSPS) is 23.5. The summed E-state index contributed by atoms with van der Waals surface area (Å²) < 4.78 is 0. The summed E-state index contributed by atoms with van der Waals surface area (Å²) in [6.07, 6.45) is 6.78. The minimum Gasteiger partial charge on any atom is -0.328 e. The zero-order chi connectivity index (χ0) is 8.81. The molecule has 0 saturated carbocycles. The minimum absolute atomic E-state index is 0.369. The van der Waals surface area contributed by atoms with E-state index in [-0.39, 0.29) is 0 Å². The largest absolute Gasteiger partial charge is 0.328 e. The monoisotopic (exact) mass is 170 g/mol. The molecule has 72 valence electrons. The van der Waals surface area contributed by atoms with E-state index in [0.29, 0.717) is 6.04 Å². The molecule has 0 spiro atoms. The van der Waals surface area contributed by atoms with Crippen LogP contribution < -0.4 is 5.73 Å². The standard InChI is InChI=1S/C10H22N2/c1-10(11)6-9-12-7-4-2-3-5-8-12/h10H,2-9,11H2,1H3/t10-/m0/s1. The molecule has 2 N–H and O–H groups in total. The molecule has 1 rings (SSSR count). The average Bonchev–Trinajstić information content (AvgIpc) is 2.28. The third-order valence-electron chi connectivity index (χ3n) is 2.60. The molecular weight excluding hydrogens is 148 g/mol. The first kappa shape index (κ1) is 10.0. The van der Waals surface area contributed by atoms with Crippen molar-refractivity contribution in [3.63, 3.8) is 0 Å². The van der Waals surface area contributed by atoms with Crippen LogP contribution >= 0.6 is 0 Å². The summed E-state index contributed by atoms with van der Waals surface area (Å²) in [5, 5.41) is 0. The van der Waals surface area contributed by atoms with Gasteiger partial charge in [-0.15, -0.1) is 0 Å². The van der Waals surface area contributed by atoms with Crippen LogP contribution in [0.2, 0.25) is 0 Å². The van der Waals surface area contributed by atoms with Crippen molar-refractivity contribution in [1.29, 1.82) is 0 Å². The molecule has 1 aliphatic heterocycles. The van der Waals surface area contributed by atoms with Crippen molar-refractivity contribution in [1.82, 2.24) is 4.90 Å². The van der Waals surface area contributed by atoms with Crippen LogP contribution in [0.15, 0.2) is 0 Å². The van der Waals surface area contributed by atoms with Gasteiger partial charge in [0.1, 0.15) is 0 Å². The van der Waals surface area contributed by atoms with Gasteiger partial charge < -0.3 is 10.6 Å². The smallest absolute Gasteiger partial charge is 0.00226 e. The first-order valence-corrected chi connectivity index (χ1v) is 5.27. The Labute approximate surface area is 76.1 Å². The Morgan fingerprint density at radius 2 is 1.75 bits per heavy atom. The summed E-state index contributed by atoms with van der Waals surface area (Å²) in [6.45, 7) is 5.90. The van der Waals surface area contributed by atoms with Crippen LogP contribution in [-0.2, 0) is 0 Å². The Kier molecular flexibility index (Phi) is 4.62. The van der Waals surface area contributed by atoms with E-state index in [9.17, 15) is 0 Å². The number of nitrogens with zero attached hydrogens (tertiary/aromatic N) is 1. The molecule has 12 heavy (non-hydrogen) atoms. The Hall–Kier alpha value is -0.0800. The van der Waals surface area contributed by atoms with E-state index in [1.54, 1.807) is 0 Å². The maximum Gasteiger partial charge on any atom is 0.00226 e. The lowest BCUT2D eigenvalue weighted by molar-refractivity contribution is 0.275. The van der Waals surface area contributed by atoms with E-state index in [4.69, 9.17) is 5.73 Å². The van der Waals surface area contributed by atoms with E-state index < -0.39 is 0 Å². The van der Waals surface area contributed by atoms with Gasteiger partial charge in [-0.2, -0.15) is 0 Å². The predicted molar refractivity (Wildman–Crippen MR) is 53.2 cm³/mol. The van der Waals surface area contributed by atoms with Gasteiger partial charge in [0.25, 0.3) is 0 Å². The molecule has 2 nitrogen and oxygen atoms in total. The maximum absolute atomic E-state index is 5.72. The molecule has 0 aromatic carbocycles. The number of rotatable bonds is 3. The molecule has 0 unspecified atom stereocenters. The van der Waals surface area contributed by atoms with Crippen LogP contribution in [-0.4, -0.2) is 30.6 Å². The van der Waals surface area contributed by atoms with Crippen LogP contribution in [0.5, 0.6) is 0 Å². The lowest BCUT2D eigenvalue weighted by atomic mass is 10.2. The summed E-state index contributed by atoms with van der Waals surface area (Å²) in [7, 11) is 0. The van der Waals surface area contributed by atoms with Crippen molar-refractivity contribution in [2.45, 2.75) is 45.1 Å². The molecule has 1 fully saturated rings. The second kappa shape index (κ2) is 5.55. The van der Waals surface area contributed by atoms with Gasteiger partial charge in [0.2, 0.25) is 0 Å². The second-order valence-corrected chi connectivity index (χ2v) is 4.02. The SMILES string of the molecule is C[C@H](N)CCN1CCCCCC1. The van der Waals surface area contributed by atoms with Gasteiger partial charge in [-0.05, 0) is 45.8 Å². The minimum atomic E-state index is 0.369. The number of likely N-dealkylation sites (tertiary alicyclic amines) is 1. The van der Waals surface area contributed by atoms with Crippen molar-refractivity contribution in [2.24, 2.45) is 5.73 Å². The van der Waals surface area contributed by atoms with Crippen molar-refractivity contribution in [3.8, 4) is 0 Å². The molecule has 0 radical (unpaired) electrons. The van der Waals surface area contributed by atoms with E-state index >= 15 is 0 Å². The van der Waals surface area contributed by atoms with E-state index in [1.165, 1.54) is 45.3 Å². The fourth-order valence-electron chi connectivity index (χ4n) is 1.75. The van der Waals surface area contributed by atoms with Gasteiger partial charge in [0, 0.05) is 6.04 Å². The highest BCUT2D eigenvalue weighted by molar-refractivity contribution is 4.65. The molecule has 1 aliphatic rings. The maximum atomic E-state index is 5.72. The lowest BCUT2D eigenvalue weighted by Gasteiger charge is -2.20. The Bertz CT molecular complexity index is 104. The fourth-order valence-corrected chi connectivity index (χ4v) is 1.75. The molecule has 0 amide bonds. The molecule has 2 heteroatoms. The quantitative estimate of drug-likeness (QED) is 0.697. The molecule has 1 saturated heterocycles. The summed E-state index contributed by atoms with van der Waals surface area (Å²) in [4.78, 5) is 2.57. The first-order chi connectivity index (χ1) is 5.79. The van der Waals surface area contributed by atoms with Gasteiger partial charge in [-0.25, -0.2) is 0 Å². The highest BCUT2D eigenvalue weighted by Crippen LogP contribution is 2.09. The number of hydrogen-bond donors (Lipinski definition) is 1. The van der Waals surface area contributed by atoms with Gasteiger partial charge in [-0.1, -0.05) is 12.8 Å². The van der Waals surface area contributed by atoms with E-state index in [2.05, 4.69) is 11.8 Å². The molecule has 0 bridgehead atoms. The Morgan fingerprint density at radius 3 is 2.25 bits per heavy atom. The van der Waals surface area contributed by atoms with Gasteiger partial charge >= 0.3 is 0 Å².